The Hall–Kier alpha value is -2.57. The van der Waals surface area contributed by atoms with Crippen molar-refractivity contribution in [1.82, 2.24) is 5.32 Å². The Balaban J connectivity index is 2.51. The zero-order chi connectivity index (χ0) is 15.7. The van der Waals surface area contributed by atoms with Gasteiger partial charge in [0.25, 0.3) is 0 Å². The summed E-state index contributed by atoms with van der Waals surface area (Å²) in [6, 6.07) is 7.90. The number of amides is 1. The summed E-state index contributed by atoms with van der Waals surface area (Å²) in [5, 5.41) is 2.27. The molecular formula is C14H17NO6. The summed E-state index contributed by atoms with van der Waals surface area (Å²) < 4.78 is 13.9. The molecule has 0 aliphatic carbocycles. The van der Waals surface area contributed by atoms with E-state index in [1.54, 1.807) is 12.1 Å². The molecule has 0 radical (unpaired) electrons. The highest BCUT2D eigenvalue weighted by Gasteiger charge is 2.25. The average Bonchev–Trinajstić information content (AvgIpc) is 2.52. The van der Waals surface area contributed by atoms with Crippen molar-refractivity contribution in [3.63, 3.8) is 0 Å². The van der Waals surface area contributed by atoms with Gasteiger partial charge in [-0.25, -0.2) is 9.59 Å². The van der Waals surface area contributed by atoms with Crippen LogP contribution in [0.15, 0.2) is 30.3 Å². The van der Waals surface area contributed by atoms with Crippen LogP contribution < -0.4 is 5.32 Å². The number of carbonyl (C=O) groups is 3. The van der Waals surface area contributed by atoms with Crippen molar-refractivity contribution in [3.05, 3.63) is 35.9 Å². The lowest BCUT2D eigenvalue weighted by Crippen LogP contribution is -2.43. The molecule has 1 aromatic carbocycles. The quantitative estimate of drug-likeness (QED) is 0.622. The van der Waals surface area contributed by atoms with Gasteiger partial charge in [-0.05, 0) is 5.56 Å². The number of ether oxygens (including phenoxy) is 3. The molecule has 21 heavy (non-hydrogen) atoms. The minimum Gasteiger partial charge on any atom is -0.469 e. The zero-order valence-electron chi connectivity index (χ0n) is 11.8. The summed E-state index contributed by atoms with van der Waals surface area (Å²) in [5.41, 5.74) is 0.801. The molecule has 0 spiro atoms. The van der Waals surface area contributed by atoms with Gasteiger partial charge >= 0.3 is 18.0 Å². The van der Waals surface area contributed by atoms with Crippen LogP contribution in [0, 0.1) is 0 Å². The van der Waals surface area contributed by atoms with Crippen molar-refractivity contribution in [1.29, 1.82) is 0 Å². The lowest BCUT2D eigenvalue weighted by molar-refractivity contribution is -0.149. The molecule has 0 aliphatic heterocycles. The molecule has 0 unspecified atom stereocenters. The SMILES string of the molecule is COC(=O)C[C@@H](NC(=O)OCc1ccccc1)C(=O)OC. The first kappa shape index (κ1) is 16.5. The second-order valence-corrected chi connectivity index (χ2v) is 4.06. The Bertz CT molecular complexity index is 487. The largest absolute Gasteiger partial charge is 0.469 e. The number of methoxy groups -OCH3 is 2. The summed E-state index contributed by atoms with van der Waals surface area (Å²) >= 11 is 0. The molecule has 0 saturated heterocycles. The molecule has 1 amide bonds. The van der Waals surface area contributed by atoms with E-state index < -0.39 is 24.1 Å². The molecule has 0 aliphatic rings. The second kappa shape index (κ2) is 8.57. The van der Waals surface area contributed by atoms with E-state index in [9.17, 15) is 14.4 Å². The molecule has 7 heteroatoms. The van der Waals surface area contributed by atoms with Gasteiger partial charge in [0.15, 0.2) is 0 Å². The minimum absolute atomic E-state index is 0.0544. The van der Waals surface area contributed by atoms with E-state index in [4.69, 9.17) is 4.74 Å². The van der Waals surface area contributed by atoms with Gasteiger partial charge in [0.2, 0.25) is 0 Å². The molecular weight excluding hydrogens is 278 g/mol. The van der Waals surface area contributed by atoms with Crippen molar-refractivity contribution in [2.45, 2.75) is 19.1 Å². The number of benzene rings is 1. The highest BCUT2D eigenvalue weighted by atomic mass is 16.6. The van der Waals surface area contributed by atoms with Crippen LogP contribution >= 0.6 is 0 Å². The maximum Gasteiger partial charge on any atom is 0.408 e. The Kier molecular flexibility index (Phi) is 6.73. The van der Waals surface area contributed by atoms with Crippen molar-refractivity contribution in [2.24, 2.45) is 0 Å². The Morgan fingerprint density at radius 3 is 2.33 bits per heavy atom. The summed E-state index contributed by atoms with van der Waals surface area (Å²) in [5.74, 6) is -1.40. The molecule has 0 bridgehead atoms. The van der Waals surface area contributed by atoms with Crippen LogP contribution in [0.4, 0.5) is 4.79 Å². The number of nitrogens with one attached hydrogen (secondary N) is 1. The van der Waals surface area contributed by atoms with Crippen molar-refractivity contribution < 1.29 is 28.6 Å². The number of esters is 2. The standard InChI is InChI=1S/C14H17NO6/c1-19-12(16)8-11(13(17)20-2)15-14(18)21-9-10-6-4-3-5-7-10/h3-7,11H,8-9H2,1-2H3,(H,15,18)/t11-/m1/s1. The van der Waals surface area contributed by atoms with Gasteiger partial charge in [-0.1, -0.05) is 30.3 Å². The van der Waals surface area contributed by atoms with Gasteiger partial charge < -0.3 is 19.5 Å². The summed E-state index contributed by atoms with van der Waals surface area (Å²) in [4.78, 5) is 34.3. The normalized spacial score (nSPS) is 11.1. The maximum atomic E-state index is 11.6. The van der Waals surface area contributed by atoms with Gasteiger partial charge in [-0.3, -0.25) is 4.79 Å². The Morgan fingerprint density at radius 1 is 1.10 bits per heavy atom. The highest BCUT2D eigenvalue weighted by molar-refractivity contribution is 5.86. The predicted molar refractivity (Wildman–Crippen MR) is 72.2 cm³/mol. The van der Waals surface area contributed by atoms with E-state index in [-0.39, 0.29) is 13.0 Å². The number of rotatable bonds is 6. The van der Waals surface area contributed by atoms with E-state index in [0.717, 1.165) is 12.7 Å². The van der Waals surface area contributed by atoms with Crippen molar-refractivity contribution in [3.8, 4) is 0 Å². The molecule has 7 nitrogen and oxygen atoms in total. The third-order valence-corrected chi connectivity index (χ3v) is 2.59. The van der Waals surface area contributed by atoms with Gasteiger partial charge in [-0.2, -0.15) is 0 Å². The fourth-order valence-corrected chi connectivity index (χ4v) is 1.49. The molecule has 1 rings (SSSR count). The monoisotopic (exact) mass is 295 g/mol. The lowest BCUT2D eigenvalue weighted by atomic mass is 10.2. The molecule has 0 fully saturated rings. The van der Waals surface area contributed by atoms with Crippen LogP contribution in [0.1, 0.15) is 12.0 Å². The topological polar surface area (TPSA) is 90.9 Å². The van der Waals surface area contributed by atoms with E-state index in [2.05, 4.69) is 14.8 Å². The zero-order valence-corrected chi connectivity index (χ0v) is 11.8. The third kappa shape index (κ3) is 5.94. The van der Waals surface area contributed by atoms with Crippen molar-refractivity contribution in [2.75, 3.05) is 14.2 Å². The van der Waals surface area contributed by atoms with Crippen LogP contribution in [0.3, 0.4) is 0 Å². The Labute approximate surface area is 122 Å². The molecule has 1 N–H and O–H groups in total. The highest BCUT2D eigenvalue weighted by Crippen LogP contribution is 2.02. The minimum atomic E-state index is -1.15. The fourth-order valence-electron chi connectivity index (χ4n) is 1.49. The summed E-state index contributed by atoms with van der Waals surface area (Å²) in [6.45, 7) is 0.0544. The van der Waals surface area contributed by atoms with Crippen LogP contribution in [-0.4, -0.2) is 38.3 Å². The average molecular weight is 295 g/mol. The van der Waals surface area contributed by atoms with Gasteiger partial charge in [0.05, 0.1) is 20.6 Å². The molecule has 0 aromatic heterocycles. The van der Waals surface area contributed by atoms with E-state index >= 15 is 0 Å². The molecule has 1 atom stereocenters. The number of alkyl carbamates (subject to hydrolysis) is 1. The molecule has 1 aromatic rings. The Morgan fingerprint density at radius 2 is 1.76 bits per heavy atom. The van der Waals surface area contributed by atoms with E-state index in [0.29, 0.717) is 0 Å². The lowest BCUT2D eigenvalue weighted by Gasteiger charge is -2.15. The fraction of sp³-hybridized carbons (Fsp3) is 0.357. The van der Waals surface area contributed by atoms with Crippen LogP contribution in [0.25, 0.3) is 0 Å². The first-order valence-corrected chi connectivity index (χ1v) is 6.18. The number of carbonyl (C=O) groups excluding carboxylic acids is 3. The van der Waals surface area contributed by atoms with Crippen molar-refractivity contribution >= 4 is 18.0 Å². The number of hydrogen-bond acceptors (Lipinski definition) is 6. The van der Waals surface area contributed by atoms with E-state index in [1.807, 2.05) is 18.2 Å². The predicted octanol–water partition coefficient (Wildman–Crippen LogP) is 1.02. The maximum absolute atomic E-state index is 11.6. The van der Waals surface area contributed by atoms with Crippen LogP contribution in [0.2, 0.25) is 0 Å². The number of hydrogen-bond donors (Lipinski definition) is 1. The molecule has 0 heterocycles. The summed E-state index contributed by atoms with van der Waals surface area (Å²) in [6.07, 6.45) is -1.15. The molecule has 114 valence electrons. The molecule has 0 saturated carbocycles. The first-order valence-electron chi connectivity index (χ1n) is 6.18. The van der Waals surface area contributed by atoms with Gasteiger partial charge in [0.1, 0.15) is 12.6 Å². The van der Waals surface area contributed by atoms with Gasteiger partial charge in [0, 0.05) is 0 Å². The first-order chi connectivity index (χ1) is 10.1. The van der Waals surface area contributed by atoms with Crippen LogP contribution in [0.5, 0.6) is 0 Å². The smallest absolute Gasteiger partial charge is 0.408 e. The van der Waals surface area contributed by atoms with E-state index in [1.165, 1.54) is 7.11 Å². The summed E-state index contributed by atoms with van der Waals surface area (Å²) in [7, 11) is 2.34. The van der Waals surface area contributed by atoms with Crippen LogP contribution in [-0.2, 0) is 30.4 Å². The van der Waals surface area contributed by atoms with Gasteiger partial charge in [-0.15, -0.1) is 0 Å². The third-order valence-electron chi connectivity index (χ3n) is 2.59. The second-order valence-electron chi connectivity index (χ2n) is 4.06.